The quantitative estimate of drug-likeness (QED) is 0.804. The Labute approximate surface area is 112 Å². The van der Waals surface area contributed by atoms with Gasteiger partial charge in [0.05, 0.1) is 17.5 Å². The molecular formula is C14H20N2O3. The van der Waals surface area contributed by atoms with E-state index < -0.39 is 0 Å². The number of aliphatic hydroxyl groups excluding tert-OH is 1. The van der Waals surface area contributed by atoms with Crippen molar-refractivity contribution in [2.75, 3.05) is 37.4 Å². The molecule has 0 saturated heterocycles. The Morgan fingerprint density at radius 3 is 2.53 bits per heavy atom. The third kappa shape index (κ3) is 2.42. The third-order valence-electron chi connectivity index (χ3n) is 3.85. The molecule has 104 valence electrons. The Kier molecular flexibility index (Phi) is 3.14. The molecule has 0 aromatic heterocycles. The molecular weight excluding hydrogens is 244 g/mol. The predicted octanol–water partition coefficient (Wildman–Crippen LogP) is 1.25. The molecule has 0 spiro atoms. The molecule has 2 aliphatic rings. The normalized spacial score (nSPS) is 24.7. The fourth-order valence-corrected chi connectivity index (χ4v) is 2.76. The van der Waals surface area contributed by atoms with Crippen molar-refractivity contribution in [1.82, 2.24) is 0 Å². The van der Waals surface area contributed by atoms with Gasteiger partial charge in [0.2, 0.25) is 0 Å². The highest BCUT2D eigenvalue weighted by atomic mass is 16.6. The minimum atomic E-state index is -0.115. The van der Waals surface area contributed by atoms with Crippen molar-refractivity contribution in [3.8, 4) is 11.5 Å². The lowest BCUT2D eigenvalue weighted by Gasteiger charge is -2.35. The van der Waals surface area contributed by atoms with Crippen LogP contribution in [-0.2, 0) is 0 Å². The summed E-state index contributed by atoms with van der Waals surface area (Å²) in [5.74, 6) is 2.03. The molecule has 0 unspecified atom stereocenters. The smallest absolute Gasteiger partial charge is 0.163 e. The Morgan fingerprint density at radius 1 is 1.26 bits per heavy atom. The van der Waals surface area contributed by atoms with Crippen LogP contribution in [0.5, 0.6) is 11.5 Å². The lowest BCUT2D eigenvalue weighted by molar-refractivity contribution is 0.0465. The van der Waals surface area contributed by atoms with E-state index in [1.54, 1.807) is 0 Å². The van der Waals surface area contributed by atoms with Gasteiger partial charge in [-0.1, -0.05) is 0 Å². The van der Waals surface area contributed by atoms with Crippen molar-refractivity contribution in [2.24, 2.45) is 5.92 Å². The van der Waals surface area contributed by atoms with Gasteiger partial charge in [-0.2, -0.15) is 0 Å². The van der Waals surface area contributed by atoms with Gasteiger partial charge in [0.25, 0.3) is 0 Å². The zero-order chi connectivity index (χ0) is 13.4. The van der Waals surface area contributed by atoms with Crippen LogP contribution in [0.3, 0.4) is 0 Å². The minimum Gasteiger partial charge on any atom is -0.486 e. The van der Waals surface area contributed by atoms with Crippen molar-refractivity contribution < 1.29 is 14.6 Å². The number of hydrogen-bond donors (Lipinski definition) is 2. The maximum atomic E-state index is 9.33. The van der Waals surface area contributed by atoms with Gasteiger partial charge in [-0.25, -0.2) is 0 Å². The number of hydrogen-bond acceptors (Lipinski definition) is 5. The van der Waals surface area contributed by atoms with Crippen LogP contribution in [0.25, 0.3) is 0 Å². The highest BCUT2D eigenvalue weighted by Gasteiger charge is 2.28. The molecule has 3 N–H and O–H groups in total. The Balaban J connectivity index is 1.75. The summed E-state index contributed by atoms with van der Waals surface area (Å²) in [6.45, 7) is 2.05. The number of nitrogens with two attached hydrogens (primary N) is 1. The summed E-state index contributed by atoms with van der Waals surface area (Å²) in [5, 5.41) is 9.33. The molecule has 1 fully saturated rings. The molecule has 1 aromatic carbocycles. The van der Waals surface area contributed by atoms with Crippen LogP contribution in [0.2, 0.25) is 0 Å². The molecule has 5 heteroatoms. The number of anilines is 2. The van der Waals surface area contributed by atoms with Gasteiger partial charge in [0.1, 0.15) is 13.2 Å². The SMILES string of the molecule is CN(CC1CC(O)C1)c1cc2c(cc1N)OCCO2. The largest absolute Gasteiger partial charge is 0.486 e. The first-order valence-electron chi connectivity index (χ1n) is 6.72. The van der Waals surface area contributed by atoms with Crippen LogP contribution in [0.4, 0.5) is 11.4 Å². The number of nitrogens with zero attached hydrogens (tertiary/aromatic N) is 1. The van der Waals surface area contributed by atoms with Gasteiger partial charge >= 0.3 is 0 Å². The van der Waals surface area contributed by atoms with E-state index in [4.69, 9.17) is 15.2 Å². The predicted molar refractivity (Wildman–Crippen MR) is 73.8 cm³/mol. The van der Waals surface area contributed by atoms with Crippen molar-refractivity contribution in [3.05, 3.63) is 12.1 Å². The number of nitrogen functional groups attached to an aromatic ring is 1. The molecule has 0 amide bonds. The van der Waals surface area contributed by atoms with Gasteiger partial charge in [-0.15, -0.1) is 0 Å². The van der Waals surface area contributed by atoms with Crippen molar-refractivity contribution in [3.63, 3.8) is 0 Å². The molecule has 3 rings (SSSR count). The maximum absolute atomic E-state index is 9.33. The molecule has 0 atom stereocenters. The molecule has 1 heterocycles. The van der Waals surface area contributed by atoms with Crippen LogP contribution >= 0.6 is 0 Å². The molecule has 1 saturated carbocycles. The second-order valence-corrected chi connectivity index (χ2v) is 5.43. The van der Waals surface area contributed by atoms with Crippen LogP contribution in [0, 0.1) is 5.92 Å². The standard InChI is InChI=1S/C14H20N2O3/c1-16(8-9-4-10(17)5-9)12-7-14-13(6-11(12)15)18-2-3-19-14/h6-7,9-10,17H,2-5,8,15H2,1H3. The van der Waals surface area contributed by atoms with E-state index in [1.165, 1.54) is 0 Å². The van der Waals surface area contributed by atoms with Gasteiger partial charge in [0, 0.05) is 25.7 Å². The van der Waals surface area contributed by atoms with Gasteiger partial charge in [-0.05, 0) is 18.8 Å². The minimum absolute atomic E-state index is 0.115. The first-order valence-corrected chi connectivity index (χ1v) is 6.72. The van der Waals surface area contributed by atoms with Gasteiger partial charge < -0.3 is 25.2 Å². The molecule has 1 aliphatic carbocycles. The second kappa shape index (κ2) is 4.81. The van der Waals surface area contributed by atoms with Crippen LogP contribution in [0.15, 0.2) is 12.1 Å². The van der Waals surface area contributed by atoms with Crippen molar-refractivity contribution in [2.45, 2.75) is 18.9 Å². The van der Waals surface area contributed by atoms with Gasteiger partial charge in [-0.3, -0.25) is 0 Å². The van der Waals surface area contributed by atoms with Crippen molar-refractivity contribution in [1.29, 1.82) is 0 Å². The summed E-state index contributed by atoms with van der Waals surface area (Å²) in [4.78, 5) is 2.13. The van der Waals surface area contributed by atoms with Crippen molar-refractivity contribution >= 4 is 11.4 Å². The van der Waals surface area contributed by atoms with E-state index in [9.17, 15) is 5.11 Å². The first kappa shape index (κ1) is 12.4. The average molecular weight is 264 g/mol. The number of aliphatic hydroxyl groups is 1. The van der Waals surface area contributed by atoms with E-state index in [0.717, 1.165) is 36.6 Å². The molecule has 0 radical (unpaired) electrons. The monoisotopic (exact) mass is 264 g/mol. The molecule has 1 aliphatic heterocycles. The Morgan fingerprint density at radius 2 is 1.89 bits per heavy atom. The number of benzene rings is 1. The third-order valence-corrected chi connectivity index (χ3v) is 3.85. The zero-order valence-corrected chi connectivity index (χ0v) is 11.1. The van der Waals surface area contributed by atoms with E-state index in [1.807, 2.05) is 19.2 Å². The van der Waals surface area contributed by atoms with E-state index in [2.05, 4.69) is 4.90 Å². The highest BCUT2D eigenvalue weighted by molar-refractivity contribution is 5.73. The molecule has 19 heavy (non-hydrogen) atoms. The molecule has 1 aromatic rings. The fourth-order valence-electron chi connectivity index (χ4n) is 2.76. The Bertz CT molecular complexity index is 472. The summed E-state index contributed by atoms with van der Waals surface area (Å²) < 4.78 is 11.1. The lowest BCUT2D eigenvalue weighted by Crippen LogP contribution is -2.37. The zero-order valence-electron chi connectivity index (χ0n) is 11.1. The van der Waals surface area contributed by atoms with E-state index >= 15 is 0 Å². The summed E-state index contributed by atoms with van der Waals surface area (Å²) in [6.07, 6.45) is 1.65. The number of ether oxygens (including phenoxy) is 2. The number of fused-ring (bicyclic) bond motifs is 1. The lowest BCUT2D eigenvalue weighted by atomic mass is 9.82. The number of rotatable bonds is 3. The summed E-state index contributed by atoms with van der Waals surface area (Å²) >= 11 is 0. The van der Waals surface area contributed by atoms with Gasteiger partial charge in [0.15, 0.2) is 11.5 Å². The summed E-state index contributed by atoms with van der Waals surface area (Å²) in [7, 11) is 2.02. The summed E-state index contributed by atoms with van der Waals surface area (Å²) in [6, 6.07) is 3.77. The maximum Gasteiger partial charge on any atom is 0.163 e. The average Bonchev–Trinajstić information content (AvgIpc) is 2.36. The highest BCUT2D eigenvalue weighted by Crippen LogP contribution is 2.39. The Hall–Kier alpha value is -1.62. The first-order chi connectivity index (χ1) is 9.13. The van der Waals surface area contributed by atoms with Crippen LogP contribution in [-0.4, -0.2) is 38.0 Å². The summed E-state index contributed by atoms with van der Waals surface area (Å²) in [5.41, 5.74) is 7.75. The van der Waals surface area contributed by atoms with E-state index in [-0.39, 0.29) is 6.10 Å². The second-order valence-electron chi connectivity index (χ2n) is 5.43. The molecule has 5 nitrogen and oxygen atoms in total. The molecule has 0 bridgehead atoms. The van der Waals surface area contributed by atoms with E-state index in [0.29, 0.717) is 24.8 Å². The van der Waals surface area contributed by atoms with Crippen LogP contribution in [0.1, 0.15) is 12.8 Å². The van der Waals surface area contributed by atoms with Crippen LogP contribution < -0.4 is 20.1 Å². The topological polar surface area (TPSA) is 68.0 Å². The fraction of sp³-hybridized carbons (Fsp3) is 0.571.